The van der Waals surface area contributed by atoms with Crippen molar-refractivity contribution in [1.29, 1.82) is 0 Å². The lowest BCUT2D eigenvalue weighted by atomic mass is 10.0. The number of carbonyl (C=O) groups is 3. The van der Waals surface area contributed by atoms with Crippen LogP contribution in [-0.2, 0) is 25.7 Å². The Kier molecular flexibility index (Phi) is 10.6. The minimum Gasteiger partial charge on any atom is -0.494 e. The summed E-state index contributed by atoms with van der Waals surface area (Å²) in [5, 5.41) is 37.1. The van der Waals surface area contributed by atoms with Gasteiger partial charge in [0.05, 0.1) is 66.0 Å². The van der Waals surface area contributed by atoms with Gasteiger partial charge in [-0.15, -0.1) is 10.2 Å². The number of nitrogens with one attached hydrogen (secondary N) is 1. The molecule has 9 rings (SSSR count). The molecular weight excluding hydrogens is 779 g/mol. The standard InChI is InChI=1S/C42H40F2N10O6/c43-30-17-24(18-31(44)29(30)22-52-13-15-60-16-14-52)27-3-1-6-33-39(27)47-34(20-45-33)25-19-46-53(21-25)26-9-11-51(12-10-26)23-37(56)50-49-32-5-2-4-28-38(32)42(59)54(41(28)58)35-7-8-36(55)48-40(35)57/h1-6,17-21,26,35,58-59H,7-16,22-23H2,(H,48,55,57). The number of hydrogen-bond donors (Lipinski definition) is 3. The maximum atomic E-state index is 15.4. The third-order valence-corrected chi connectivity index (χ3v) is 11.5. The maximum Gasteiger partial charge on any atom is 0.278 e. The fourth-order valence-electron chi connectivity index (χ4n) is 8.26. The van der Waals surface area contributed by atoms with Crippen LogP contribution in [0, 0.1) is 11.6 Å². The number of aromatic hydroxyl groups is 2. The number of imide groups is 1. The number of benzene rings is 3. The number of likely N-dealkylation sites (tertiary alicyclic amines) is 1. The first-order valence-electron chi connectivity index (χ1n) is 19.8. The molecule has 0 bridgehead atoms. The maximum absolute atomic E-state index is 15.4. The second-order valence-electron chi connectivity index (χ2n) is 15.2. The Labute approximate surface area is 341 Å². The number of azo groups is 1. The first-order chi connectivity index (χ1) is 29.1. The van der Waals surface area contributed by atoms with Gasteiger partial charge in [0.15, 0.2) is 0 Å². The van der Waals surface area contributed by atoms with Crippen molar-refractivity contribution in [3.8, 4) is 34.1 Å². The molecule has 3 aromatic heterocycles. The molecule has 1 unspecified atom stereocenters. The van der Waals surface area contributed by atoms with Crippen molar-refractivity contribution in [3.05, 3.63) is 84.3 Å². The normalized spacial score (nSPS) is 18.5. The summed E-state index contributed by atoms with van der Waals surface area (Å²) < 4.78 is 39.1. The van der Waals surface area contributed by atoms with E-state index >= 15 is 8.78 Å². The summed E-state index contributed by atoms with van der Waals surface area (Å²) in [6.07, 6.45) is 6.83. The molecule has 0 radical (unpaired) electrons. The highest BCUT2D eigenvalue weighted by Gasteiger charge is 2.33. The summed E-state index contributed by atoms with van der Waals surface area (Å²) in [5.74, 6) is -3.58. The Bertz CT molecular complexity index is 2660. The summed E-state index contributed by atoms with van der Waals surface area (Å²) in [6, 6.07) is 11.8. The van der Waals surface area contributed by atoms with Crippen LogP contribution >= 0.6 is 0 Å². The van der Waals surface area contributed by atoms with Crippen molar-refractivity contribution in [2.75, 3.05) is 45.9 Å². The number of halogens is 2. The third-order valence-electron chi connectivity index (χ3n) is 11.5. The lowest BCUT2D eigenvalue weighted by Gasteiger charge is -2.30. The molecule has 3 saturated heterocycles. The number of fused-ring (bicyclic) bond motifs is 2. The summed E-state index contributed by atoms with van der Waals surface area (Å²) in [4.78, 5) is 50.6. The number of carbonyl (C=O) groups excluding carboxylic acids is 3. The van der Waals surface area contributed by atoms with Crippen molar-refractivity contribution in [2.45, 2.75) is 44.3 Å². The Balaban J connectivity index is 0.847. The van der Waals surface area contributed by atoms with Crippen LogP contribution in [0.15, 0.2) is 77.3 Å². The Hall–Kier alpha value is -6.50. The molecule has 3 aliphatic heterocycles. The molecule has 0 spiro atoms. The number of amides is 3. The van der Waals surface area contributed by atoms with E-state index in [4.69, 9.17) is 9.72 Å². The Morgan fingerprint density at radius 2 is 1.68 bits per heavy atom. The summed E-state index contributed by atoms with van der Waals surface area (Å²) in [7, 11) is 0. The molecule has 3 aromatic carbocycles. The monoisotopic (exact) mass is 818 g/mol. The third kappa shape index (κ3) is 7.60. The lowest BCUT2D eigenvalue weighted by molar-refractivity contribution is -0.136. The number of para-hydroxylation sites is 1. The van der Waals surface area contributed by atoms with Gasteiger partial charge in [-0.1, -0.05) is 18.2 Å². The first-order valence-corrected chi connectivity index (χ1v) is 19.8. The van der Waals surface area contributed by atoms with E-state index in [9.17, 15) is 24.6 Å². The van der Waals surface area contributed by atoms with Crippen LogP contribution in [0.3, 0.4) is 0 Å². The Morgan fingerprint density at radius 3 is 2.45 bits per heavy atom. The van der Waals surface area contributed by atoms with Gasteiger partial charge in [-0.3, -0.25) is 43.7 Å². The molecule has 3 fully saturated rings. The van der Waals surface area contributed by atoms with E-state index in [1.54, 1.807) is 42.7 Å². The van der Waals surface area contributed by atoms with E-state index in [0.717, 1.165) is 10.1 Å². The lowest BCUT2D eigenvalue weighted by Crippen LogP contribution is -2.41. The highest BCUT2D eigenvalue weighted by molar-refractivity contribution is 6.04. The van der Waals surface area contributed by atoms with Gasteiger partial charge < -0.3 is 14.9 Å². The predicted octanol–water partition coefficient (Wildman–Crippen LogP) is 5.56. The molecule has 18 heteroatoms. The van der Waals surface area contributed by atoms with Gasteiger partial charge in [-0.2, -0.15) is 5.10 Å². The second kappa shape index (κ2) is 16.3. The molecule has 3 amide bonds. The van der Waals surface area contributed by atoms with E-state index in [1.807, 2.05) is 20.7 Å². The summed E-state index contributed by atoms with van der Waals surface area (Å²) in [5.41, 5.74) is 3.48. The fraction of sp³-hybridized carbons (Fsp3) is 0.333. The van der Waals surface area contributed by atoms with Gasteiger partial charge in [0, 0.05) is 67.4 Å². The van der Waals surface area contributed by atoms with Crippen molar-refractivity contribution in [2.24, 2.45) is 10.2 Å². The molecule has 16 nitrogen and oxygen atoms in total. The van der Waals surface area contributed by atoms with Crippen LogP contribution < -0.4 is 5.32 Å². The molecule has 0 saturated carbocycles. The quantitative estimate of drug-likeness (QED) is 0.122. The van der Waals surface area contributed by atoms with Crippen LogP contribution in [-0.4, -0.2) is 108 Å². The summed E-state index contributed by atoms with van der Waals surface area (Å²) >= 11 is 0. The van der Waals surface area contributed by atoms with Gasteiger partial charge in [-0.05, 0) is 55.2 Å². The molecule has 6 heterocycles. The largest absolute Gasteiger partial charge is 0.494 e. The SMILES string of the molecule is O=C(CN1CCC(n2cc(-c3cnc4cccc(-c5cc(F)c(CN6CCOCC6)c(F)c5)c4n3)cn2)CC1)N=Nc1cccc2c(O)n(C3CCC(=O)NC3=O)c(O)c12. The van der Waals surface area contributed by atoms with Crippen molar-refractivity contribution < 1.29 is 38.1 Å². The summed E-state index contributed by atoms with van der Waals surface area (Å²) in [6.45, 7) is 3.67. The minimum absolute atomic E-state index is 0.0183. The first kappa shape index (κ1) is 39.0. The molecule has 308 valence electrons. The van der Waals surface area contributed by atoms with E-state index in [2.05, 4.69) is 25.6 Å². The van der Waals surface area contributed by atoms with Crippen LogP contribution in [0.4, 0.5) is 14.5 Å². The smallest absolute Gasteiger partial charge is 0.278 e. The van der Waals surface area contributed by atoms with Gasteiger partial charge in [0.1, 0.15) is 17.7 Å². The fourth-order valence-corrected chi connectivity index (χ4v) is 8.26. The highest BCUT2D eigenvalue weighted by Crippen LogP contribution is 2.45. The molecule has 0 aliphatic carbocycles. The molecule has 3 aliphatic rings. The number of nitrogens with zero attached hydrogens (tertiary/aromatic N) is 9. The van der Waals surface area contributed by atoms with Gasteiger partial charge in [0.25, 0.3) is 5.91 Å². The van der Waals surface area contributed by atoms with Gasteiger partial charge in [0.2, 0.25) is 23.6 Å². The average Bonchev–Trinajstić information content (AvgIpc) is 3.84. The van der Waals surface area contributed by atoms with E-state index in [-0.39, 0.29) is 59.9 Å². The molecule has 3 N–H and O–H groups in total. The zero-order valence-electron chi connectivity index (χ0n) is 32.3. The van der Waals surface area contributed by atoms with Crippen LogP contribution in [0.1, 0.15) is 43.3 Å². The predicted molar refractivity (Wildman–Crippen MR) is 213 cm³/mol. The van der Waals surface area contributed by atoms with Crippen molar-refractivity contribution >= 4 is 45.2 Å². The van der Waals surface area contributed by atoms with Crippen molar-refractivity contribution in [3.63, 3.8) is 0 Å². The topological polar surface area (TPSA) is 193 Å². The molecule has 6 aromatic rings. The minimum atomic E-state index is -1.000. The molecule has 60 heavy (non-hydrogen) atoms. The van der Waals surface area contributed by atoms with Crippen LogP contribution in [0.5, 0.6) is 11.8 Å². The van der Waals surface area contributed by atoms with Crippen molar-refractivity contribution in [1.82, 2.24) is 39.4 Å². The second-order valence-corrected chi connectivity index (χ2v) is 15.2. The number of hydrogen-bond acceptors (Lipinski definition) is 12. The van der Waals surface area contributed by atoms with Crippen LogP contribution in [0.2, 0.25) is 0 Å². The molecule has 1 atom stereocenters. The number of morpholine rings is 1. The van der Waals surface area contributed by atoms with E-state index in [1.165, 1.54) is 18.2 Å². The number of aromatic nitrogens is 5. The zero-order valence-corrected chi connectivity index (χ0v) is 32.3. The number of ether oxygens (including phenoxy) is 1. The van der Waals surface area contributed by atoms with Crippen LogP contribution in [0.25, 0.3) is 44.2 Å². The number of piperidine rings is 2. The Morgan fingerprint density at radius 1 is 0.917 bits per heavy atom. The van der Waals surface area contributed by atoms with E-state index in [0.29, 0.717) is 80.1 Å². The van der Waals surface area contributed by atoms with Gasteiger partial charge in [-0.25, -0.2) is 13.8 Å². The average molecular weight is 819 g/mol. The number of rotatable bonds is 9. The molecular formula is C42H40F2N10O6. The highest BCUT2D eigenvalue weighted by atomic mass is 19.1. The van der Waals surface area contributed by atoms with E-state index < -0.39 is 41.3 Å². The zero-order chi connectivity index (χ0) is 41.5. The van der Waals surface area contributed by atoms with Gasteiger partial charge >= 0.3 is 0 Å².